The van der Waals surface area contributed by atoms with Crippen LogP contribution in [0.5, 0.6) is 5.75 Å². The molecule has 0 aliphatic rings. The number of benzene rings is 2. The molecule has 0 fully saturated rings. The summed E-state index contributed by atoms with van der Waals surface area (Å²) in [5.41, 5.74) is 2.74. The number of esters is 1. The van der Waals surface area contributed by atoms with Gasteiger partial charge in [0.05, 0.1) is 0 Å². The maximum Gasteiger partial charge on any atom is 0.347 e. The standard InChI is InChI=1S/C20H22ClNO4/c1-12-6-5-7-18(13(12)2)22-19(23)14(3)26-20(24)15(4)25-17-10-8-16(21)9-11-17/h5-11,14-15H,1-4H3,(H,22,23)/t14-,15-/m1/s1. The summed E-state index contributed by atoms with van der Waals surface area (Å²) in [7, 11) is 0. The molecule has 5 nitrogen and oxygen atoms in total. The number of aryl methyl sites for hydroxylation is 1. The average molecular weight is 376 g/mol. The number of nitrogens with one attached hydrogen (secondary N) is 1. The van der Waals surface area contributed by atoms with Crippen LogP contribution in [-0.4, -0.2) is 24.1 Å². The molecule has 0 spiro atoms. The van der Waals surface area contributed by atoms with Gasteiger partial charge in [-0.15, -0.1) is 0 Å². The lowest BCUT2D eigenvalue weighted by molar-refractivity contribution is -0.159. The number of carbonyl (C=O) groups is 2. The number of carbonyl (C=O) groups excluding carboxylic acids is 2. The van der Waals surface area contributed by atoms with Gasteiger partial charge in [-0.05, 0) is 69.2 Å². The lowest BCUT2D eigenvalue weighted by Gasteiger charge is -2.18. The predicted octanol–water partition coefficient (Wildman–Crippen LogP) is 4.29. The molecule has 0 unspecified atom stereocenters. The molecular weight excluding hydrogens is 354 g/mol. The topological polar surface area (TPSA) is 64.6 Å². The second kappa shape index (κ2) is 8.72. The maximum absolute atomic E-state index is 12.3. The molecule has 2 rings (SSSR count). The van der Waals surface area contributed by atoms with E-state index in [0.29, 0.717) is 16.5 Å². The van der Waals surface area contributed by atoms with Crippen LogP contribution in [0.2, 0.25) is 5.02 Å². The number of rotatable bonds is 6. The van der Waals surface area contributed by atoms with Gasteiger partial charge in [0.1, 0.15) is 5.75 Å². The molecule has 1 N–H and O–H groups in total. The average Bonchev–Trinajstić information content (AvgIpc) is 2.60. The zero-order valence-corrected chi connectivity index (χ0v) is 16.0. The number of halogens is 1. The van der Waals surface area contributed by atoms with E-state index in [2.05, 4.69) is 5.32 Å². The smallest absolute Gasteiger partial charge is 0.347 e. The quantitative estimate of drug-likeness (QED) is 0.765. The van der Waals surface area contributed by atoms with Crippen molar-refractivity contribution in [3.63, 3.8) is 0 Å². The first-order valence-corrected chi connectivity index (χ1v) is 8.65. The van der Waals surface area contributed by atoms with Crippen molar-refractivity contribution in [2.45, 2.75) is 39.9 Å². The highest BCUT2D eigenvalue weighted by molar-refractivity contribution is 6.30. The number of anilines is 1. The van der Waals surface area contributed by atoms with E-state index in [4.69, 9.17) is 21.1 Å². The van der Waals surface area contributed by atoms with Crippen molar-refractivity contribution in [3.05, 3.63) is 58.6 Å². The van der Waals surface area contributed by atoms with E-state index >= 15 is 0 Å². The fourth-order valence-corrected chi connectivity index (χ4v) is 2.34. The minimum atomic E-state index is -0.946. The zero-order valence-electron chi connectivity index (χ0n) is 15.2. The Morgan fingerprint density at radius 1 is 1.00 bits per heavy atom. The Labute approximate surface area is 158 Å². The van der Waals surface area contributed by atoms with Gasteiger partial charge < -0.3 is 14.8 Å². The minimum absolute atomic E-state index is 0.397. The number of ether oxygens (including phenoxy) is 2. The Hall–Kier alpha value is -2.53. The van der Waals surface area contributed by atoms with E-state index in [-0.39, 0.29) is 0 Å². The molecule has 138 valence electrons. The highest BCUT2D eigenvalue weighted by atomic mass is 35.5. The van der Waals surface area contributed by atoms with Gasteiger partial charge in [-0.1, -0.05) is 23.7 Å². The van der Waals surface area contributed by atoms with Crippen LogP contribution in [0, 0.1) is 13.8 Å². The molecule has 2 atom stereocenters. The van der Waals surface area contributed by atoms with E-state index in [9.17, 15) is 9.59 Å². The Kier molecular flexibility index (Phi) is 6.64. The highest BCUT2D eigenvalue weighted by Crippen LogP contribution is 2.19. The SMILES string of the molecule is Cc1cccc(NC(=O)[C@@H](C)OC(=O)[C@@H](C)Oc2ccc(Cl)cc2)c1C. The van der Waals surface area contributed by atoms with Crippen molar-refractivity contribution in [1.82, 2.24) is 0 Å². The van der Waals surface area contributed by atoms with Crippen molar-refractivity contribution < 1.29 is 19.1 Å². The Morgan fingerprint density at radius 3 is 2.31 bits per heavy atom. The molecule has 6 heteroatoms. The summed E-state index contributed by atoms with van der Waals surface area (Å²) in [4.78, 5) is 24.4. The number of amides is 1. The molecule has 0 bridgehead atoms. The molecule has 0 aliphatic heterocycles. The van der Waals surface area contributed by atoms with Crippen LogP contribution in [-0.2, 0) is 14.3 Å². The van der Waals surface area contributed by atoms with Crippen molar-refractivity contribution in [1.29, 1.82) is 0 Å². The van der Waals surface area contributed by atoms with Crippen LogP contribution in [0.1, 0.15) is 25.0 Å². The first-order chi connectivity index (χ1) is 12.3. The monoisotopic (exact) mass is 375 g/mol. The maximum atomic E-state index is 12.3. The zero-order chi connectivity index (χ0) is 19.3. The van der Waals surface area contributed by atoms with Crippen LogP contribution >= 0.6 is 11.6 Å². The molecule has 2 aromatic carbocycles. The molecule has 0 radical (unpaired) electrons. The molecule has 0 aliphatic carbocycles. The van der Waals surface area contributed by atoms with E-state index in [1.54, 1.807) is 37.3 Å². The fourth-order valence-electron chi connectivity index (χ4n) is 2.21. The summed E-state index contributed by atoms with van der Waals surface area (Å²) in [5.74, 6) is -0.527. The van der Waals surface area contributed by atoms with Crippen LogP contribution in [0.4, 0.5) is 5.69 Å². The molecule has 2 aromatic rings. The third-order valence-corrected chi connectivity index (χ3v) is 4.24. The third-order valence-electron chi connectivity index (χ3n) is 3.98. The van der Waals surface area contributed by atoms with E-state index in [1.165, 1.54) is 6.92 Å². The second-order valence-corrected chi connectivity index (χ2v) is 6.47. The molecular formula is C20H22ClNO4. The predicted molar refractivity (Wildman–Crippen MR) is 102 cm³/mol. The molecule has 0 saturated carbocycles. The lowest BCUT2D eigenvalue weighted by Crippen LogP contribution is -2.35. The summed E-state index contributed by atoms with van der Waals surface area (Å²) >= 11 is 5.81. The second-order valence-electron chi connectivity index (χ2n) is 6.03. The van der Waals surface area contributed by atoms with E-state index in [1.807, 2.05) is 26.0 Å². The Balaban J connectivity index is 1.91. The van der Waals surface area contributed by atoms with Crippen molar-refractivity contribution in [2.24, 2.45) is 0 Å². The van der Waals surface area contributed by atoms with Crippen molar-refractivity contribution in [3.8, 4) is 5.75 Å². The van der Waals surface area contributed by atoms with E-state index < -0.39 is 24.1 Å². The molecule has 26 heavy (non-hydrogen) atoms. The van der Waals surface area contributed by atoms with Crippen LogP contribution < -0.4 is 10.1 Å². The Bertz CT molecular complexity index is 789. The molecule has 0 aromatic heterocycles. The first-order valence-electron chi connectivity index (χ1n) is 8.27. The van der Waals surface area contributed by atoms with Gasteiger partial charge in [-0.25, -0.2) is 4.79 Å². The van der Waals surface area contributed by atoms with Gasteiger partial charge in [0.2, 0.25) is 0 Å². The fraction of sp³-hybridized carbons (Fsp3) is 0.300. The van der Waals surface area contributed by atoms with Crippen LogP contribution in [0.15, 0.2) is 42.5 Å². The lowest BCUT2D eigenvalue weighted by atomic mass is 10.1. The van der Waals surface area contributed by atoms with Gasteiger partial charge in [0.25, 0.3) is 5.91 Å². The summed E-state index contributed by atoms with van der Waals surface area (Å²) in [5, 5.41) is 3.35. The largest absolute Gasteiger partial charge is 0.479 e. The van der Waals surface area contributed by atoms with E-state index in [0.717, 1.165) is 11.1 Å². The van der Waals surface area contributed by atoms with Gasteiger partial charge in [-0.2, -0.15) is 0 Å². The Morgan fingerprint density at radius 2 is 1.65 bits per heavy atom. The van der Waals surface area contributed by atoms with Crippen molar-refractivity contribution >= 4 is 29.2 Å². The number of hydrogen-bond acceptors (Lipinski definition) is 4. The summed E-state index contributed by atoms with van der Waals surface area (Å²) in [6, 6.07) is 12.3. The van der Waals surface area contributed by atoms with Crippen LogP contribution in [0.25, 0.3) is 0 Å². The third kappa shape index (κ3) is 5.23. The van der Waals surface area contributed by atoms with Gasteiger partial charge >= 0.3 is 5.97 Å². The minimum Gasteiger partial charge on any atom is -0.479 e. The van der Waals surface area contributed by atoms with Gasteiger partial charge in [0.15, 0.2) is 12.2 Å². The summed E-state index contributed by atoms with van der Waals surface area (Å²) in [6.45, 7) is 6.97. The highest BCUT2D eigenvalue weighted by Gasteiger charge is 2.23. The van der Waals surface area contributed by atoms with Gasteiger partial charge in [0, 0.05) is 10.7 Å². The summed E-state index contributed by atoms with van der Waals surface area (Å²) < 4.78 is 10.7. The number of hydrogen-bond donors (Lipinski definition) is 1. The molecule has 0 saturated heterocycles. The van der Waals surface area contributed by atoms with Gasteiger partial charge in [-0.3, -0.25) is 4.79 Å². The normalized spacial score (nSPS) is 12.8. The molecule has 0 heterocycles. The van der Waals surface area contributed by atoms with Crippen molar-refractivity contribution in [2.75, 3.05) is 5.32 Å². The first kappa shape index (κ1) is 19.8. The molecule has 1 amide bonds. The summed E-state index contributed by atoms with van der Waals surface area (Å²) in [6.07, 6.45) is -1.80. The van der Waals surface area contributed by atoms with Crippen LogP contribution in [0.3, 0.4) is 0 Å².